The van der Waals surface area contributed by atoms with E-state index in [4.69, 9.17) is 10.5 Å². The summed E-state index contributed by atoms with van der Waals surface area (Å²) in [7, 11) is 0. The summed E-state index contributed by atoms with van der Waals surface area (Å²) in [5.41, 5.74) is 7.41. The molecule has 0 bridgehead atoms. The zero-order valence-corrected chi connectivity index (χ0v) is 12.0. The van der Waals surface area contributed by atoms with Crippen molar-refractivity contribution < 1.29 is 9.53 Å². The number of aromatic nitrogens is 2. The Morgan fingerprint density at radius 3 is 3.05 bits per heavy atom. The first kappa shape index (κ1) is 12.9. The molecular formula is C13H11BrN4O2. The Bertz CT molecular complexity index is 690. The smallest absolute Gasteiger partial charge is 0.238 e. The first-order valence-electron chi connectivity index (χ1n) is 6.00. The normalized spacial score (nSPS) is 13.6. The molecule has 102 valence electrons. The second-order valence-corrected chi connectivity index (χ2v) is 5.20. The third-order valence-electron chi connectivity index (χ3n) is 2.92. The van der Waals surface area contributed by atoms with Crippen LogP contribution >= 0.6 is 15.9 Å². The van der Waals surface area contributed by atoms with E-state index in [1.165, 1.54) is 6.20 Å². The molecule has 2 aromatic rings. The van der Waals surface area contributed by atoms with Gasteiger partial charge >= 0.3 is 0 Å². The Morgan fingerprint density at radius 1 is 1.35 bits per heavy atom. The molecule has 1 aliphatic heterocycles. The van der Waals surface area contributed by atoms with E-state index in [0.717, 1.165) is 11.3 Å². The standard InChI is InChI=1S/C13H11BrN4O2/c14-9-6-16-13(15)18-12(9)20-8-2-3-10-7(5-8)1-4-11(19)17-10/h2-3,5-6H,1,4H2,(H,17,19)(H2,15,16,18). The third kappa shape index (κ3) is 2.57. The third-order valence-corrected chi connectivity index (χ3v) is 3.46. The van der Waals surface area contributed by atoms with Gasteiger partial charge in [0.05, 0.1) is 10.7 Å². The van der Waals surface area contributed by atoms with Gasteiger partial charge in [-0.25, -0.2) is 4.98 Å². The molecule has 7 heteroatoms. The minimum atomic E-state index is 0.0393. The summed E-state index contributed by atoms with van der Waals surface area (Å²) in [5.74, 6) is 1.18. The van der Waals surface area contributed by atoms with Gasteiger partial charge in [-0.15, -0.1) is 0 Å². The van der Waals surface area contributed by atoms with Crippen LogP contribution in [-0.2, 0) is 11.2 Å². The second kappa shape index (κ2) is 5.09. The molecule has 0 saturated carbocycles. The van der Waals surface area contributed by atoms with Gasteiger partial charge in [0.2, 0.25) is 17.7 Å². The molecule has 3 N–H and O–H groups in total. The highest BCUT2D eigenvalue weighted by Gasteiger charge is 2.15. The average molecular weight is 335 g/mol. The summed E-state index contributed by atoms with van der Waals surface area (Å²) < 4.78 is 6.32. The summed E-state index contributed by atoms with van der Waals surface area (Å²) in [6.07, 6.45) is 2.72. The van der Waals surface area contributed by atoms with Crippen molar-refractivity contribution in [1.82, 2.24) is 9.97 Å². The number of carbonyl (C=O) groups excluding carboxylic acids is 1. The summed E-state index contributed by atoms with van der Waals surface area (Å²) in [6.45, 7) is 0. The van der Waals surface area contributed by atoms with Crippen molar-refractivity contribution in [3.63, 3.8) is 0 Å². The number of ether oxygens (including phenoxy) is 1. The maximum absolute atomic E-state index is 11.3. The molecule has 3 rings (SSSR count). The van der Waals surface area contributed by atoms with Crippen molar-refractivity contribution in [1.29, 1.82) is 0 Å². The Balaban J connectivity index is 1.88. The molecule has 1 amide bonds. The van der Waals surface area contributed by atoms with E-state index < -0.39 is 0 Å². The molecule has 0 atom stereocenters. The molecule has 1 aromatic carbocycles. The maximum Gasteiger partial charge on any atom is 0.238 e. The van der Waals surface area contributed by atoms with Crippen LogP contribution in [0, 0.1) is 0 Å². The number of rotatable bonds is 2. The van der Waals surface area contributed by atoms with E-state index >= 15 is 0 Å². The molecule has 2 heterocycles. The molecule has 0 fully saturated rings. The summed E-state index contributed by atoms with van der Waals surface area (Å²) >= 11 is 3.31. The molecular weight excluding hydrogens is 324 g/mol. The molecule has 1 aromatic heterocycles. The SMILES string of the molecule is Nc1ncc(Br)c(Oc2ccc3c(c2)CCC(=O)N3)n1. The Morgan fingerprint density at radius 2 is 2.20 bits per heavy atom. The fourth-order valence-corrected chi connectivity index (χ4v) is 2.24. The number of nitrogens with two attached hydrogens (primary N) is 1. The van der Waals surface area contributed by atoms with Gasteiger partial charge in [-0.2, -0.15) is 4.98 Å². The molecule has 20 heavy (non-hydrogen) atoms. The van der Waals surface area contributed by atoms with Crippen LogP contribution in [0.25, 0.3) is 0 Å². The van der Waals surface area contributed by atoms with Crippen LogP contribution in [0.4, 0.5) is 11.6 Å². The molecule has 0 saturated heterocycles. The number of fused-ring (bicyclic) bond motifs is 1. The van der Waals surface area contributed by atoms with E-state index in [9.17, 15) is 4.79 Å². The summed E-state index contributed by atoms with van der Waals surface area (Å²) in [4.78, 5) is 19.2. The number of nitrogen functional groups attached to an aromatic ring is 1. The topological polar surface area (TPSA) is 90.1 Å². The number of hydrogen-bond acceptors (Lipinski definition) is 5. The minimum Gasteiger partial charge on any atom is -0.438 e. The monoisotopic (exact) mass is 334 g/mol. The van der Waals surface area contributed by atoms with Crippen LogP contribution in [0.1, 0.15) is 12.0 Å². The van der Waals surface area contributed by atoms with Crippen molar-refractivity contribution in [2.75, 3.05) is 11.1 Å². The lowest BCUT2D eigenvalue weighted by molar-refractivity contribution is -0.116. The lowest BCUT2D eigenvalue weighted by Gasteiger charge is -2.17. The Hall–Kier alpha value is -2.15. The summed E-state index contributed by atoms with van der Waals surface area (Å²) in [5, 5.41) is 2.82. The van der Waals surface area contributed by atoms with Crippen molar-refractivity contribution in [3.8, 4) is 11.6 Å². The zero-order chi connectivity index (χ0) is 14.1. The van der Waals surface area contributed by atoms with Crippen LogP contribution in [0.5, 0.6) is 11.6 Å². The van der Waals surface area contributed by atoms with Crippen molar-refractivity contribution in [3.05, 3.63) is 34.4 Å². The number of hydrogen-bond donors (Lipinski definition) is 2. The number of nitrogens with zero attached hydrogens (tertiary/aromatic N) is 2. The molecule has 1 aliphatic rings. The van der Waals surface area contributed by atoms with Gasteiger partial charge in [0, 0.05) is 12.1 Å². The highest BCUT2D eigenvalue weighted by molar-refractivity contribution is 9.10. The fourth-order valence-electron chi connectivity index (χ4n) is 1.97. The van der Waals surface area contributed by atoms with Crippen molar-refractivity contribution in [2.24, 2.45) is 0 Å². The molecule has 0 spiro atoms. The van der Waals surface area contributed by atoms with Gasteiger partial charge in [0.15, 0.2) is 0 Å². The number of amides is 1. The predicted molar refractivity (Wildman–Crippen MR) is 77.6 cm³/mol. The number of halogens is 1. The highest BCUT2D eigenvalue weighted by Crippen LogP contribution is 2.31. The lowest BCUT2D eigenvalue weighted by Crippen LogP contribution is -2.18. The van der Waals surface area contributed by atoms with Crippen molar-refractivity contribution >= 4 is 33.5 Å². The number of benzene rings is 1. The molecule has 0 radical (unpaired) electrons. The van der Waals surface area contributed by atoms with Crippen LogP contribution in [0.3, 0.4) is 0 Å². The number of carbonyl (C=O) groups is 1. The quantitative estimate of drug-likeness (QED) is 0.880. The molecule has 0 aliphatic carbocycles. The van der Waals surface area contributed by atoms with E-state index in [1.54, 1.807) is 6.07 Å². The second-order valence-electron chi connectivity index (χ2n) is 4.35. The Kier molecular flexibility index (Phi) is 3.27. The minimum absolute atomic E-state index is 0.0393. The van der Waals surface area contributed by atoms with Crippen LogP contribution in [0.2, 0.25) is 0 Å². The summed E-state index contributed by atoms with van der Waals surface area (Å²) in [6, 6.07) is 5.48. The highest BCUT2D eigenvalue weighted by atomic mass is 79.9. The predicted octanol–water partition coefficient (Wildman–Crippen LogP) is 2.50. The molecule has 6 nitrogen and oxygen atoms in total. The Labute approximate surface area is 123 Å². The van der Waals surface area contributed by atoms with E-state index in [1.807, 2.05) is 12.1 Å². The van der Waals surface area contributed by atoms with E-state index in [0.29, 0.717) is 28.9 Å². The number of anilines is 2. The molecule has 0 unspecified atom stereocenters. The number of nitrogens with one attached hydrogen (secondary N) is 1. The van der Waals surface area contributed by atoms with Gasteiger partial charge in [0.25, 0.3) is 0 Å². The first-order valence-corrected chi connectivity index (χ1v) is 6.80. The largest absolute Gasteiger partial charge is 0.438 e. The van der Waals surface area contributed by atoms with Gasteiger partial charge in [-0.1, -0.05) is 0 Å². The lowest BCUT2D eigenvalue weighted by atomic mass is 10.0. The average Bonchev–Trinajstić information content (AvgIpc) is 2.43. The zero-order valence-electron chi connectivity index (χ0n) is 10.4. The fraction of sp³-hybridized carbons (Fsp3) is 0.154. The van der Waals surface area contributed by atoms with Gasteiger partial charge in [-0.3, -0.25) is 4.79 Å². The van der Waals surface area contributed by atoms with Gasteiger partial charge in [-0.05, 0) is 46.1 Å². The van der Waals surface area contributed by atoms with Crippen LogP contribution < -0.4 is 15.8 Å². The van der Waals surface area contributed by atoms with E-state index in [-0.39, 0.29) is 11.9 Å². The first-order chi connectivity index (χ1) is 9.61. The van der Waals surface area contributed by atoms with E-state index in [2.05, 4.69) is 31.2 Å². The van der Waals surface area contributed by atoms with Crippen LogP contribution in [0.15, 0.2) is 28.9 Å². The van der Waals surface area contributed by atoms with Gasteiger partial charge in [0.1, 0.15) is 5.75 Å². The van der Waals surface area contributed by atoms with Crippen LogP contribution in [-0.4, -0.2) is 15.9 Å². The van der Waals surface area contributed by atoms with Gasteiger partial charge < -0.3 is 15.8 Å². The maximum atomic E-state index is 11.3. The van der Waals surface area contributed by atoms with Crippen molar-refractivity contribution in [2.45, 2.75) is 12.8 Å². The number of aryl methyl sites for hydroxylation is 1.